The number of urea groups is 1. The zero-order chi connectivity index (χ0) is 21.3. The second kappa shape index (κ2) is 10.5. The van der Waals surface area contributed by atoms with Gasteiger partial charge in [-0.3, -0.25) is 9.69 Å². The fraction of sp³-hybridized carbons (Fsp3) is 0.348. The molecule has 7 heteroatoms. The Hall–Kier alpha value is -3.24. The molecule has 0 radical (unpaired) electrons. The summed E-state index contributed by atoms with van der Waals surface area (Å²) in [6.07, 6.45) is 2.92. The molecular formula is C23H25FN4O2. The van der Waals surface area contributed by atoms with Crippen LogP contribution in [0.1, 0.15) is 24.0 Å². The molecule has 1 aliphatic rings. The highest BCUT2D eigenvalue weighted by Gasteiger charge is 2.21. The fourth-order valence-corrected chi connectivity index (χ4v) is 3.63. The standard InChI is InChI=1S/C23H25FN4O2/c24-20-6-4-17(5-7-20)12-18-8-10-28(11-9-18)16-22(29)15-26-23(30)27-21-3-1-2-19(13-21)14-25/h1-7,13,18H,8-12,15-16H2,(H2,26,27,30). The van der Waals surface area contributed by atoms with Gasteiger partial charge in [-0.25, -0.2) is 9.18 Å². The second-order valence-corrected chi connectivity index (χ2v) is 7.59. The molecule has 6 nitrogen and oxygen atoms in total. The Labute approximate surface area is 175 Å². The summed E-state index contributed by atoms with van der Waals surface area (Å²) in [5.74, 6) is 0.271. The van der Waals surface area contributed by atoms with Crippen LogP contribution in [0.2, 0.25) is 0 Å². The Morgan fingerprint density at radius 1 is 1.13 bits per heavy atom. The number of hydrogen-bond donors (Lipinski definition) is 2. The van der Waals surface area contributed by atoms with E-state index in [0.717, 1.165) is 37.9 Å². The zero-order valence-electron chi connectivity index (χ0n) is 16.7. The number of anilines is 1. The predicted molar refractivity (Wildman–Crippen MR) is 112 cm³/mol. The molecule has 0 bridgehead atoms. The van der Waals surface area contributed by atoms with Crippen molar-refractivity contribution in [1.29, 1.82) is 5.26 Å². The van der Waals surface area contributed by atoms with Crippen LogP contribution in [0, 0.1) is 23.1 Å². The Bertz CT molecular complexity index is 916. The van der Waals surface area contributed by atoms with E-state index in [-0.39, 0.29) is 18.1 Å². The molecule has 30 heavy (non-hydrogen) atoms. The van der Waals surface area contributed by atoms with E-state index in [9.17, 15) is 14.0 Å². The predicted octanol–water partition coefficient (Wildman–Crippen LogP) is 3.34. The molecule has 2 aromatic rings. The van der Waals surface area contributed by atoms with Crippen molar-refractivity contribution in [2.24, 2.45) is 5.92 Å². The molecule has 0 saturated carbocycles. The number of nitriles is 1. The van der Waals surface area contributed by atoms with Crippen molar-refractivity contribution >= 4 is 17.5 Å². The molecule has 0 spiro atoms. The fourth-order valence-electron chi connectivity index (χ4n) is 3.63. The van der Waals surface area contributed by atoms with Crippen LogP contribution in [-0.4, -0.2) is 42.9 Å². The summed E-state index contributed by atoms with van der Waals surface area (Å²) in [6.45, 7) is 1.95. The Morgan fingerprint density at radius 2 is 1.87 bits per heavy atom. The Morgan fingerprint density at radius 3 is 2.57 bits per heavy atom. The Balaban J connectivity index is 1.35. The van der Waals surface area contributed by atoms with Crippen LogP contribution in [0.5, 0.6) is 0 Å². The van der Waals surface area contributed by atoms with Gasteiger partial charge < -0.3 is 10.6 Å². The number of halogens is 1. The van der Waals surface area contributed by atoms with Crippen LogP contribution in [0.4, 0.5) is 14.9 Å². The van der Waals surface area contributed by atoms with Gasteiger partial charge in [0.15, 0.2) is 5.78 Å². The lowest BCUT2D eigenvalue weighted by molar-refractivity contribution is -0.119. The minimum atomic E-state index is -0.476. The molecule has 0 atom stereocenters. The van der Waals surface area contributed by atoms with Crippen LogP contribution in [0.15, 0.2) is 48.5 Å². The lowest BCUT2D eigenvalue weighted by Crippen LogP contribution is -2.42. The summed E-state index contributed by atoms with van der Waals surface area (Å²) in [4.78, 5) is 26.3. The summed E-state index contributed by atoms with van der Waals surface area (Å²) >= 11 is 0. The molecule has 1 fully saturated rings. The molecule has 1 saturated heterocycles. The van der Waals surface area contributed by atoms with Gasteiger partial charge in [0, 0.05) is 5.69 Å². The number of carbonyl (C=O) groups excluding carboxylic acids is 2. The van der Waals surface area contributed by atoms with E-state index in [1.807, 2.05) is 18.2 Å². The van der Waals surface area contributed by atoms with E-state index in [1.54, 1.807) is 24.3 Å². The van der Waals surface area contributed by atoms with E-state index in [0.29, 0.717) is 23.7 Å². The third-order valence-electron chi connectivity index (χ3n) is 5.24. The van der Waals surface area contributed by atoms with Gasteiger partial charge in [0.1, 0.15) is 5.82 Å². The maximum Gasteiger partial charge on any atom is 0.319 e. The van der Waals surface area contributed by atoms with Crippen LogP contribution in [-0.2, 0) is 11.2 Å². The van der Waals surface area contributed by atoms with Crippen molar-refractivity contribution in [2.75, 3.05) is 31.5 Å². The summed E-state index contributed by atoms with van der Waals surface area (Å²) < 4.78 is 13.0. The third kappa shape index (κ3) is 6.68. The molecule has 1 heterocycles. The lowest BCUT2D eigenvalue weighted by Gasteiger charge is -2.31. The average molecular weight is 408 g/mol. The van der Waals surface area contributed by atoms with Crippen molar-refractivity contribution in [3.05, 3.63) is 65.5 Å². The number of carbonyl (C=O) groups is 2. The van der Waals surface area contributed by atoms with Crippen LogP contribution < -0.4 is 10.6 Å². The van der Waals surface area contributed by atoms with E-state index >= 15 is 0 Å². The topological polar surface area (TPSA) is 85.2 Å². The summed E-state index contributed by atoms with van der Waals surface area (Å²) in [6, 6.07) is 14.8. The first kappa shape index (κ1) is 21.5. The normalized spacial score (nSPS) is 14.7. The minimum Gasteiger partial charge on any atom is -0.331 e. The number of Topliss-reactive ketones (excluding diaryl/α,β-unsaturated/α-hetero) is 1. The molecule has 0 aliphatic carbocycles. The molecule has 156 valence electrons. The van der Waals surface area contributed by atoms with E-state index in [1.165, 1.54) is 12.1 Å². The van der Waals surface area contributed by atoms with Gasteiger partial charge in [-0.05, 0) is 74.2 Å². The molecule has 2 amide bonds. The summed E-state index contributed by atoms with van der Waals surface area (Å²) in [5, 5.41) is 14.1. The van der Waals surface area contributed by atoms with E-state index < -0.39 is 6.03 Å². The van der Waals surface area contributed by atoms with Gasteiger partial charge in [0.25, 0.3) is 0 Å². The monoisotopic (exact) mass is 408 g/mol. The largest absolute Gasteiger partial charge is 0.331 e. The van der Waals surface area contributed by atoms with Gasteiger partial charge in [0.2, 0.25) is 0 Å². The third-order valence-corrected chi connectivity index (χ3v) is 5.24. The van der Waals surface area contributed by atoms with E-state index in [4.69, 9.17) is 5.26 Å². The van der Waals surface area contributed by atoms with Gasteiger partial charge >= 0.3 is 6.03 Å². The van der Waals surface area contributed by atoms with Crippen molar-refractivity contribution in [3.63, 3.8) is 0 Å². The van der Waals surface area contributed by atoms with Crippen LogP contribution >= 0.6 is 0 Å². The first-order valence-electron chi connectivity index (χ1n) is 10.1. The average Bonchev–Trinajstić information content (AvgIpc) is 2.75. The molecule has 3 rings (SSSR count). The quantitative estimate of drug-likeness (QED) is 0.736. The number of benzene rings is 2. The number of hydrogen-bond acceptors (Lipinski definition) is 4. The number of likely N-dealkylation sites (tertiary alicyclic amines) is 1. The number of rotatable bonds is 7. The molecular weight excluding hydrogens is 383 g/mol. The van der Waals surface area contributed by atoms with Gasteiger partial charge in [-0.2, -0.15) is 5.26 Å². The first-order valence-corrected chi connectivity index (χ1v) is 10.1. The van der Waals surface area contributed by atoms with Crippen molar-refractivity contribution < 1.29 is 14.0 Å². The highest BCUT2D eigenvalue weighted by molar-refractivity contribution is 5.93. The van der Waals surface area contributed by atoms with Crippen molar-refractivity contribution in [2.45, 2.75) is 19.3 Å². The Kier molecular flexibility index (Phi) is 7.52. The molecule has 0 aromatic heterocycles. The SMILES string of the molecule is N#Cc1cccc(NC(=O)NCC(=O)CN2CCC(Cc3ccc(F)cc3)CC2)c1. The number of piperidine rings is 1. The molecule has 1 aliphatic heterocycles. The number of ketones is 1. The maximum atomic E-state index is 13.0. The van der Waals surface area contributed by atoms with Crippen molar-refractivity contribution in [3.8, 4) is 6.07 Å². The van der Waals surface area contributed by atoms with Gasteiger partial charge in [-0.15, -0.1) is 0 Å². The maximum absolute atomic E-state index is 13.0. The molecule has 2 N–H and O–H groups in total. The number of amides is 2. The summed E-state index contributed by atoms with van der Waals surface area (Å²) in [5.41, 5.74) is 2.09. The van der Waals surface area contributed by atoms with Crippen LogP contribution in [0.25, 0.3) is 0 Å². The van der Waals surface area contributed by atoms with Gasteiger partial charge in [0.05, 0.1) is 24.7 Å². The smallest absolute Gasteiger partial charge is 0.319 e. The number of nitrogens with zero attached hydrogens (tertiary/aromatic N) is 2. The number of nitrogens with one attached hydrogen (secondary N) is 2. The van der Waals surface area contributed by atoms with Gasteiger partial charge in [-0.1, -0.05) is 18.2 Å². The molecule has 0 unspecified atom stereocenters. The van der Waals surface area contributed by atoms with Crippen LogP contribution in [0.3, 0.4) is 0 Å². The highest BCUT2D eigenvalue weighted by Crippen LogP contribution is 2.21. The van der Waals surface area contributed by atoms with E-state index in [2.05, 4.69) is 15.5 Å². The van der Waals surface area contributed by atoms with Crippen molar-refractivity contribution in [1.82, 2.24) is 10.2 Å². The highest BCUT2D eigenvalue weighted by atomic mass is 19.1. The lowest BCUT2D eigenvalue weighted by atomic mass is 9.90. The minimum absolute atomic E-state index is 0.0424. The summed E-state index contributed by atoms with van der Waals surface area (Å²) in [7, 11) is 0. The zero-order valence-corrected chi connectivity index (χ0v) is 16.7. The first-order chi connectivity index (χ1) is 14.5. The molecule has 2 aromatic carbocycles. The second-order valence-electron chi connectivity index (χ2n) is 7.59.